The van der Waals surface area contributed by atoms with E-state index >= 15 is 0 Å². The largest absolute Gasteiger partial charge is 0.494 e. The Morgan fingerprint density at radius 3 is 2.79 bits per heavy atom. The van der Waals surface area contributed by atoms with Gasteiger partial charge in [0.2, 0.25) is 0 Å². The van der Waals surface area contributed by atoms with Crippen molar-refractivity contribution in [1.29, 1.82) is 0 Å². The summed E-state index contributed by atoms with van der Waals surface area (Å²) in [7, 11) is 0. The number of ether oxygens (including phenoxy) is 2. The van der Waals surface area contributed by atoms with Crippen molar-refractivity contribution >= 4 is 27.5 Å². The van der Waals surface area contributed by atoms with E-state index in [1.54, 1.807) is 12.1 Å². The van der Waals surface area contributed by atoms with Gasteiger partial charge in [0.25, 0.3) is 5.91 Å². The first kappa shape index (κ1) is 20.3. The minimum atomic E-state index is -0.266. The zero-order chi connectivity index (χ0) is 19.8. The van der Waals surface area contributed by atoms with Crippen LogP contribution in [0.15, 0.2) is 53.5 Å². The van der Waals surface area contributed by atoms with Crippen LogP contribution in [0.5, 0.6) is 5.75 Å². The highest BCUT2D eigenvalue weighted by molar-refractivity contribution is 7.16. The molecular formula is C22H26N2O3S. The van der Waals surface area contributed by atoms with Gasteiger partial charge in [0.1, 0.15) is 5.75 Å². The summed E-state index contributed by atoms with van der Waals surface area (Å²) < 4.78 is 14.4. The van der Waals surface area contributed by atoms with E-state index in [-0.39, 0.29) is 5.91 Å². The van der Waals surface area contributed by atoms with Gasteiger partial charge in [-0.2, -0.15) is 4.99 Å². The van der Waals surface area contributed by atoms with Crippen molar-refractivity contribution in [3.05, 3.63) is 58.9 Å². The predicted molar refractivity (Wildman–Crippen MR) is 113 cm³/mol. The molecule has 2 aromatic carbocycles. The molecule has 0 bridgehead atoms. The van der Waals surface area contributed by atoms with E-state index in [9.17, 15) is 4.79 Å². The number of carbonyl (C=O) groups is 1. The molecule has 1 heterocycles. The van der Waals surface area contributed by atoms with E-state index in [1.807, 2.05) is 43.3 Å². The number of amides is 1. The van der Waals surface area contributed by atoms with Gasteiger partial charge in [-0.1, -0.05) is 42.9 Å². The van der Waals surface area contributed by atoms with E-state index in [0.29, 0.717) is 42.5 Å². The Bertz CT molecular complexity index is 991. The van der Waals surface area contributed by atoms with E-state index in [4.69, 9.17) is 9.47 Å². The lowest BCUT2D eigenvalue weighted by Gasteiger charge is -2.06. The van der Waals surface area contributed by atoms with Gasteiger partial charge < -0.3 is 14.0 Å². The fourth-order valence-electron chi connectivity index (χ4n) is 2.83. The Morgan fingerprint density at radius 2 is 1.96 bits per heavy atom. The van der Waals surface area contributed by atoms with Crippen molar-refractivity contribution in [2.45, 2.75) is 33.2 Å². The molecule has 6 heteroatoms. The van der Waals surface area contributed by atoms with Crippen LogP contribution >= 0.6 is 11.3 Å². The topological polar surface area (TPSA) is 52.8 Å². The minimum absolute atomic E-state index is 0.266. The monoisotopic (exact) mass is 398 g/mol. The molecule has 28 heavy (non-hydrogen) atoms. The summed E-state index contributed by atoms with van der Waals surface area (Å²) in [6.07, 6.45) is 2.06. The van der Waals surface area contributed by atoms with Gasteiger partial charge in [-0.3, -0.25) is 4.79 Å². The Morgan fingerprint density at radius 1 is 1.11 bits per heavy atom. The van der Waals surface area contributed by atoms with Crippen LogP contribution in [-0.4, -0.2) is 30.3 Å². The van der Waals surface area contributed by atoms with E-state index in [0.717, 1.165) is 23.1 Å². The Balaban J connectivity index is 1.90. The maximum atomic E-state index is 12.8. The third-order valence-corrected chi connectivity index (χ3v) is 5.36. The third kappa shape index (κ3) is 5.09. The number of unbranched alkanes of at least 4 members (excludes halogenated alkanes) is 1. The van der Waals surface area contributed by atoms with Crippen molar-refractivity contribution in [3.63, 3.8) is 0 Å². The third-order valence-electron chi connectivity index (χ3n) is 4.30. The smallest absolute Gasteiger partial charge is 0.279 e. The number of hydrogen-bond donors (Lipinski definition) is 0. The molecule has 0 aliphatic carbocycles. The number of rotatable bonds is 9. The number of carbonyl (C=O) groups excluding carboxylic acids is 1. The maximum Gasteiger partial charge on any atom is 0.279 e. The Kier molecular flexibility index (Phi) is 7.39. The molecule has 5 nitrogen and oxygen atoms in total. The highest BCUT2D eigenvalue weighted by Gasteiger charge is 2.10. The summed E-state index contributed by atoms with van der Waals surface area (Å²) in [6, 6.07) is 15.3. The van der Waals surface area contributed by atoms with Crippen LogP contribution in [0.25, 0.3) is 10.2 Å². The molecule has 1 aromatic heterocycles. The quantitative estimate of drug-likeness (QED) is 0.493. The summed E-state index contributed by atoms with van der Waals surface area (Å²) in [5, 5.41) is 0. The van der Waals surface area contributed by atoms with E-state index in [2.05, 4.69) is 16.5 Å². The van der Waals surface area contributed by atoms with Crippen molar-refractivity contribution in [1.82, 2.24) is 4.57 Å². The van der Waals surface area contributed by atoms with Gasteiger partial charge in [0.15, 0.2) is 4.80 Å². The first-order valence-corrected chi connectivity index (χ1v) is 10.5. The minimum Gasteiger partial charge on any atom is -0.494 e. The van der Waals surface area contributed by atoms with Crippen molar-refractivity contribution in [2.24, 2.45) is 4.99 Å². The number of aromatic nitrogens is 1. The number of para-hydroxylation sites is 1. The highest BCUT2D eigenvalue weighted by atomic mass is 32.1. The lowest BCUT2D eigenvalue weighted by molar-refractivity contribution is 0.0996. The standard InChI is InChI=1S/C22H26N2O3S/c1-3-5-14-27-18-10-8-9-17(16-18)21(25)23-22-24(13-15-26-4-2)19-11-6-7-12-20(19)28-22/h6-12,16H,3-5,13-15H2,1-2H3. The Labute approximate surface area is 169 Å². The second-order valence-corrected chi connectivity index (χ2v) is 7.36. The van der Waals surface area contributed by atoms with Crippen LogP contribution in [0, 0.1) is 0 Å². The number of nitrogens with zero attached hydrogens (tertiary/aromatic N) is 2. The summed E-state index contributed by atoms with van der Waals surface area (Å²) in [4.78, 5) is 17.9. The molecule has 0 fully saturated rings. The van der Waals surface area contributed by atoms with E-state index < -0.39 is 0 Å². The number of fused-ring (bicyclic) bond motifs is 1. The maximum absolute atomic E-state index is 12.8. The van der Waals surface area contributed by atoms with Crippen LogP contribution in [0.1, 0.15) is 37.0 Å². The predicted octanol–water partition coefficient (Wildman–Crippen LogP) is 4.66. The summed E-state index contributed by atoms with van der Waals surface area (Å²) >= 11 is 1.51. The fraction of sp³-hybridized carbons (Fsp3) is 0.364. The summed E-state index contributed by atoms with van der Waals surface area (Å²) in [5.41, 5.74) is 1.60. The number of hydrogen-bond acceptors (Lipinski definition) is 4. The average molecular weight is 399 g/mol. The molecule has 0 spiro atoms. The molecule has 0 N–H and O–H groups in total. The molecule has 0 aliphatic rings. The molecule has 148 valence electrons. The molecule has 0 aliphatic heterocycles. The summed E-state index contributed by atoms with van der Waals surface area (Å²) in [6.45, 7) is 6.65. The molecule has 0 atom stereocenters. The van der Waals surface area contributed by atoms with Crippen molar-refractivity contribution in [2.75, 3.05) is 19.8 Å². The van der Waals surface area contributed by atoms with Gasteiger partial charge >= 0.3 is 0 Å². The van der Waals surface area contributed by atoms with Gasteiger partial charge in [-0.15, -0.1) is 0 Å². The van der Waals surface area contributed by atoms with Gasteiger partial charge in [-0.25, -0.2) is 0 Å². The Hall–Kier alpha value is -2.44. The molecular weight excluding hydrogens is 372 g/mol. The van der Waals surface area contributed by atoms with Crippen LogP contribution in [-0.2, 0) is 11.3 Å². The van der Waals surface area contributed by atoms with Gasteiger partial charge in [0, 0.05) is 18.7 Å². The zero-order valence-electron chi connectivity index (χ0n) is 16.4. The lowest BCUT2D eigenvalue weighted by Crippen LogP contribution is -2.19. The first-order valence-electron chi connectivity index (χ1n) is 9.71. The van der Waals surface area contributed by atoms with E-state index in [1.165, 1.54) is 11.3 Å². The summed E-state index contributed by atoms with van der Waals surface area (Å²) in [5.74, 6) is 0.438. The lowest BCUT2D eigenvalue weighted by atomic mass is 10.2. The van der Waals surface area contributed by atoms with Crippen molar-refractivity contribution < 1.29 is 14.3 Å². The van der Waals surface area contributed by atoms with Crippen LogP contribution in [0.4, 0.5) is 0 Å². The molecule has 0 saturated carbocycles. The zero-order valence-corrected chi connectivity index (χ0v) is 17.2. The fourth-order valence-corrected chi connectivity index (χ4v) is 3.88. The second kappa shape index (κ2) is 10.2. The molecule has 0 radical (unpaired) electrons. The SMILES string of the molecule is CCCCOc1cccc(C(=O)N=c2sc3ccccc3n2CCOCC)c1. The number of thiazole rings is 1. The average Bonchev–Trinajstić information content (AvgIpc) is 3.06. The molecule has 0 unspecified atom stereocenters. The first-order chi connectivity index (χ1) is 13.7. The molecule has 3 aromatic rings. The van der Waals surface area contributed by atoms with Crippen LogP contribution in [0.3, 0.4) is 0 Å². The van der Waals surface area contributed by atoms with Crippen molar-refractivity contribution in [3.8, 4) is 5.75 Å². The molecule has 0 saturated heterocycles. The van der Waals surface area contributed by atoms with Crippen LogP contribution < -0.4 is 9.54 Å². The molecule has 3 rings (SSSR count). The van der Waals surface area contributed by atoms with Gasteiger partial charge in [-0.05, 0) is 43.7 Å². The number of benzene rings is 2. The highest BCUT2D eigenvalue weighted by Crippen LogP contribution is 2.18. The normalized spacial score (nSPS) is 11.9. The van der Waals surface area contributed by atoms with Gasteiger partial charge in [0.05, 0.1) is 23.4 Å². The molecule has 1 amide bonds. The second-order valence-electron chi connectivity index (χ2n) is 6.35. The van der Waals surface area contributed by atoms with Crippen LogP contribution in [0.2, 0.25) is 0 Å².